The van der Waals surface area contributed by atoms with Crippen LogP contribution in [0.4, 0.5) is 4.39 Å². The largest absolute Gasteiger partial charge is 0.491 e. The van der Waals surface area contributed by atoms with E-state index in [0.29, 0.717) is 24.8 Å². The molecule has 2 N–H and O–H groups in total. The number of hydrogen-bond acceptors (Lipinski definition) is 5. The molecule has 7 heteroatoms. The number of nitrogens with zero attached hydrogens (tertiary/aromatic N) is 3. The third-order valence-corrected chi connectivity index (χ3v) is 5.66. The van der Waals surface area contributed by atoms with Gasteiger partial charge in [0.2, 0.25) is 0 Å². The summed E-state index contributed by atoms with van der Waals surface area (Å²) < 4.78 is 21.4. The van der Waals surface area contributed by atoms with E-state index in [2.05, 4.69) is 23.8 Å². The van der Waals surface area contributed by atoms with Crippen molar-refractivity contribution in [1.82, 2.24) is 14.7 Å². The van der Waals surface area contributed by atoms with Crippen LogP contribution in [-0.4, -0.2) is 56.8 Å². The van der Waals surface area contributed by atoms with Crippen LogP contribution in [-0.2, 0) is 13.0 Å². The van der Waals surface area contributed by atoms with E-state index >= 15 is 0 Å². The van der Waals surface area contributed by atoms with Crippen LogP contribution in [0.25, 0.3) is 0 Å². The first-order valence-corrected chi connectivity index (χ1v) is 11.0. The van der Waals surface area contributed by atoms with E-state index in [1.807, 2.05) is 16.9 Å². The lowest BCUT2D eigenvalue weighted by atomic mass is 10.0. The molecule has 1 aromatic carbocycles. The monoisotopic (exact) mass is 419 g/mol. The Bertz CT molecular complexity index is 796. The molecule has 2 heterocycles. The molecule has 0 amide bonds. The second-order valence-electron chi connectivity index (χ2n) is 8.43. The summed E-state index contributed by atoms with van der Waals surface area (Å²) in [5.41, 5.74) is 1.96. The maximum Gasteiger partial charge on any atom is 0.123 e. The van der Waals surface area contributed by atoms with Crippen LogP contribution in [0.1, 0.15) is 56.8 Å². The average Bonchev–Trinajstić information content (AvgIpc) is 3.18. The Hall–Kier alpha value is -1.96. The van der Waals surface area contributed by atoms with Crippen LogP contribution < -0.4 is 4.74 Å². The Balaban J connectivity index is 1.68. The molecule has 0 aliphatic carbocycles. The zero-order chi connectivity index (χ0) is 21.5. The number of fused-ring (bicyclic) bond motifs is 1. The molecular formula is C23H34FN3O3. The van der Waals surface area contributed by atoms with Crippen molar-refractivity contribution in [3.8, 4) is 5.75 Å². The molecular weight excluding hydrogens is 385 g/mol. The van der Waals surface area contributed by atoms with Crippen molar-refractivity contribution < 1.29 is 19.3 Å². The van der Waals surface area contributed by atoms with E-state index < -0.39 is 12.2 Å². The Morgan fingerprint density at radius 3 is 2.77 bits per heavy atom. The van der Waals surface area contributed by atoms with Crippen molar-refractivity contribution in [2.24, 2.45) is 0 Å². The minimum atomic E-state index is -0.992. The summed E-state index contributed by atoms with van der Waals surface area (Å²) >= 11 is 0. The van der Waals surface area contributed by atoms with Crippen molar-refractivity contribution in [2.75, 3.05) is 19.7 Å². The van der Waals surface area contributed by atoms with Gasteiger partial charge in [0.1, 0.15) is 24.3 Å². The number of benzene rings is 1. The molecule has 1 aliphatic heterocycles. The zero-order valence-corrected chi connectivity index (χ0v) is 18.0. The van der Waals surface area contributed by atoms with Gasteiger partial charge in [0.25, 0.3) is 0 Å². The second-order valence-corrected chi connectivity index (χ2v) is 8.43. The van der Waals surface area contributed by atoms with Crippen molar-refractivity contribution in [3.05, 3.63) is 47.5 Å². The van der Waals surface area contributed by atoms with Gasteiger partial charge in [-0.3, -0.25) is 9.58 Å². The summed E-state index contributed by atoms with van der Waals surface area (Å²) in [6, 6.07) is 6.80. The van der Waals surface area contributed by atoms with Gasteiger partial charge in [-0.05, 0) is 75.9 Å². The fraction of sp³-hybridized carbons (Fsp3) is 0.609. The van der Waals surface area contributed by atoms with Crippen LogP contribution in [0.15, 0.2) is 30.5 Å². The number of aryl methyl sites for hydroxylation is 1. The molecule has 2 atom stereocenters. The lowest BCUT2D eigenvalue weighted by molar-refractivity contribution is -0.0164. The molecule has 0 saturated heterocycles. The van der Waals surface area contributed by atoms with Gasteiger partial charge in [-0.1, -0.05) is 6.42 Å². The van der Waals surface area contributed by atoms with Crippen molar-refractivity contribution >= 4 is 0 Å². The summed E-state index contributed by atoms with van der Waals surface area (Å²) in [5, 5.41) is 25.2. The summed E-state index contributed by atoms with van der Waals surface area (Å²) in [6.45, 7) is 6.55. The lowest BCUT2D eigenvalue weighted by Crippen LogP contribution is -2.36. The summed E-state index contributed by atoms with van der Waals surface area (Å²) in [5.74, 6) is 0.301. The summed E-state index contributed by atoms with van der Waals surface area (Å²) in [6.07, 6.45) is 4.13. The molecule has 1 aliphatic rings. The predicted octanol–water partition coefficient (Wildman–Crippen LogP) is 3.32. The predicted molar refractivity (Wildman–Crippen MR) is 114 cm³/mol. The molecule has 0 unspecified atom stereocenters. The standard InChI is InChI=1S/C23H34FN3O3/c1-17(2)27-20(9-11-25-27)15-26-12-5-3-4-6-18-14-19(24)7-8-23(18)30-16-22(29)21(28)10-13-26/h7-9,11,14,17,21-22,28-29H,3-6,10,12-13,15-16H2,1-2H3/t21-,22+/m0/s1. The van der Waals surface area contributed by atoms with E-state index in [9.17, 15) is 14.6 Å². The smallest absolute Gasteiger partial charge is 0.123 e. The first-order valence-electron chi connectivity index (χ1n) is 11.0. The van der Waals surface area contributed by atoms with E-state index in [-0.39, 0.29) is 12.4 Å². The highest BCUT2D eigenvalue weighted by molar-refractivity contribution is 5.34. The summed E-state index contributed by atoms with van der Waals surface area (Å²) in [4.78, 5) is 2.31. The Morgan fingerprint density at radius 2 is 1.97 bits per heavy atom. The van der Waals surface area contributed by atoms with Gasteiger partial charge in [-0.2, -0.15) is 5.10 Å². The molecule has 166 valence electrons. The third kappa shape index (κ3) is 6.27. The lowest BCUT2D eigenvalue weighted by Gasteiger charge is -2.26. The third-order valence-electron chi connectivity index (χ3n) is 5.66. The zero-order valence-electron chi connectivity index (χ0n) is 18.0. The van der Waals surface area contributed by atoms with Crippen LogP contribution in [0, 0.1) is 5.82 Å². The van der Waals surface area contributed by atoms with E-state index in [4.69, 9.17) is 4.74 Å². The molecule has 0 fully saturated rings. The van der Waals surface area contributed by atoms with Gasteiger partial charge in [0.15, 0.2) is 0 Å². The van der Waals surface area contributed by atoms with Crippen LogP contribution in [0.3, 0.4) is 0 Å². The Kier molecular flexibility index (Phi) is 8.24. The molecule has 1 aromatic heterocycles. The molecule has 0 saturated carbocycles. The van der Waals surface area contributed by atoms with E-state index in [1.165, 1.54) is 12.1 Å². The summed E-state index contributed by atoms with van der Waals surface area (Å²) in [7, 11) is 0. The quantitative estimate of drug-likeness (QED) is 0.799. The van der Waals surface area contributed by atoms with Gasteiger partial charge < -0.3 is 14.9 Å². The number of aliphatic hydroxyl groups is 2. The normalized spacial score (nSPS) is 22.3. The second kappa shape index (κ2) is 10.9. The van der Waals surface area contributed by atoms with E-state index in [0.717, 1.165) is 50.0 Å². The van der Waals surface area contributed by atoms with Gasteiger partial charge in [-0.15, -0.1) is 0 Å². The SMILES string of the molecule is CC(C)n1nccc1CN1CCCCCc2cc(F)ccc2OC[C@@H](O)[C@@H](O)CC1. The number of aromatic nitrogens is 2. The first-order chi connectivity index (χ1) is 14.4. The van der Waals surface area contributed by atoms with Crippen molar-refractivity contribution in [3.63, 3.8) is 0 Å². The number of rotatable bonds is 3. The van der Waals surface area contributed by atoms with Gasteiger partial charge in [0.05, 0.1) is 11.8 Å². The van der Waals surface area contributed by atoms with Gasteiger partial charge >= 0.3 is 0 Å². The fourth-order valence-corrected chi connectivity index (χ4v) is 3.94. The van der Waals surface area contributed by atoms with Crippen LogP contribution in [0.5, 0.6) is 5.75 Å². The highest BCUT2D eigenvalue weighted by Gasteiger charge is 2.20. The number of halogens is 1. The molecule has 3 rings (SSSR count). The topological polar surface area (TPSA) is 70.8 Å². The molecule has 0 radical (unpaired) electrons. The molecule has 6 nitrogen and oxygen atoms in total. The number of ether oxygens (including phenoxy) is 1. The van der Waals surface area contributed by atoms with Gasteiger partial charge in [-0.25, -0.2) is 4.39 Å². The molecule has 2 aromatic rings. The molecule has 0 spiro atoms. The minimum Gasteiger partial charge on any atom is -0.491 e. The number of hydrogen-bond donors (Lipinski definition) is 2. The highest BCUT2D eigenvalue weighted by atomic mass is 19.1. The highest BCUT2D eigenvalue weighted by Crippen LogP contribution is 2.23. The van der Waals surface area contributed by atoms with Crippen LogP contribution >= 0.6 is 0 Å². The van der Waals surface area contributed by atoms with Gasteiger partial charge in [0, 0.05) is 25.3 Å². The Labute approximate surface area is 178 Å². The fourth-order valence-electron chi connectivity index (χ4n) is 3.94. The van der Waals surface area contributed by atoms with Crippen LogP contribution in [0.2, 0.25) is 0 Å². The maximum absolute atomic E-state index is 13.7. The maximum atomic E-state index is 13.7. The van der Waals surface area contributed by atoms with Crippen molar-refractivity contribution in [1.29, 1.82) is 0 Å². The Morgan fingerprint density at radius 1 is 1.13 bits per heavy atom. The first kappa shape index (κ1) is 22.7. The average molecular weight is 420 g/mol. The number of aliphatic hydroxyl groups excluding tert-OH is 2. The van der Waals surface area contributed by atoms with E-state index in [1.54, 1.807) is 6.07 Å². The minimum absolute atomic E-state index is 0.0140. The molecule has 30 heavy (non-hydrogen) atoms. The van der Waals surface area contributed by atoms with Crippen molar-refractivity contribution in [2.45, 2.75) is 70.7 Å². The molecule has 0 bridgehead atoms.